The van der Waals surface area contributed by atoms with Gasteiger partial charge in [0.15, 0.2) is 0 Å². The van der Waals surface area contributed by atoms with Crippen LogP contribution in [0.5, 0.6) is 0 Å². The summed E-state index contributed by atoms with van der Waals surface area (Å²) in [6, 6.07) is 10.7. The summed E-state index contributed by atoms with van der Waals surface area (Å²) in [6.45, 7) is 0.364. The molecule has 1 fully saturated rings. The van der Waals surface area contributed by atoms with E-state index in [1.165, 1.54) is 0 Å². The predicted molar refractivity (Wildman–Crippen MR) is 107 cm³/mol. The Morgan fingerprint density at radius 3 is 2.43 bits per heavy atom. The van der Waals surface area contributed by atoms with Crippen LogP contribution in [0.4, 0.5) is 4.79 Å². The largest absolute Gasteiger partial charge is 0.356 e. The maximum atomic E-state index is 12.7. The summed E-state index contributed by atoms with van der Waals surface area (Å²) in [7, 11) is 0. The maximum Gasteiger partial charge on any atom is 0.315 e. The van der Waals surface area contributed by atoms with Gasteiger partial charge < -0.3 is 15.6 Å². The molecule has 28 heavy (non-hydrogen) atoms. The minimum absolute atomic E-state index is 0.307. The van der Waals surface area contributed by atoms with Gasteiger partial charge in [-0.15, -0.1) is 0 Å². The SMILES string of the molecule is O=C(NCc1ccccc1)NC1(C(=O)NNC(=O)c2cc(Br)c[nH]2)CCCC1. The molecule has 1 aromatic carbocycles. The first-order valence-electron chi connectivity index (χ1n) is 9.03. The molecule has 0 aliphatic heterocycles. The molecule has 0 bridgehead atoms. The molecule has 1 aliphatic rings. The van der Waals surface area contributed by atoms with Gasteiger partial charge in [-0.05, 0) is 40.4 Å². The van der Waals surface area contributed by atoms with Gasteiger partial charge in [0.05, 0.1) is 0 Å². The van der Waals surface area contributed by atoms with Crippen LogP contribution in [0.3, 0.4) is 0 Å². The molecule has 3 rings (SSSR count). The van der Waals surface area contributed by atoms with Gasteiger partial charge in [-0.25, -0.2) is 4.79 Å². The Kier molecular flexibility index (Phi) is 6.35. The highest BCUT2D eigenvalue weighted by molar-refractivity contribution is 9.10. The fourth-order valence-electron chi connectivity index (χ4n) is 3.23. The van der Waals surface area contributed by atoms with E-state index in [4.69, 9.17) is 0 Å². The van der Waals surface area contributed by atoms with Gasteiger partial charge in [0.2, 0.25) is 0 Å². The quantitative estimate of drug-likeness (QED) is 0.453. The fourth-order valence-corrected chi connectivity index (χ4v) is 3.57. The minimum atomic E-state index is -1.04. The van der Waals surface area contributed by atoms with E-state index >= 15 is 0 Å². The molecule has 1 heterocycles. The number of benzene rings is 1. The lowest BCUT2D eigenvalue weighted by atomic mass is 9.97. The van der Waals surface area contributed by atoms with Gasteiger partial charge in [0, 0.05) is 17.2 Å². The first kappa shape index (κ1) is 19.9. The third-order valence-corrected chi connectivity index (χ3v) is 5.18. The van der Waals surface area contributed by atoms with E-state index < -0.39 is 23.4 Å². The summed E-state index contributed by atoms with van der Waals surface area (Å²) in [4.78, 5) is 39.9. The summed E-state index contributed by atoms with van der Waals surface area (Å²) in [5.74, 6) is -0.903. The molecule has 2 aromatic rings. The van der Waals surface area contributed by atoms with Gasteiger partial charge in [0.1, 0.15) is 11.2 Å². The van der Waals surface area contributed by atoms with Crippen LogP contribution in [0.15, 0.2) is 47.1 Å². The highest BCUT2D eigenvalue weighted by Gasteiger charge is 2.42. The topological polar surface area (TPSA) is 115 Å². The van der Waals surface area contributed by atoms with Crippen LogP contribution in [0.25, 0.3) is 0 Å². The van der Waals surface area contributed by atoms with E-state index in [9.17, 15) is 14.4 Å². The maximum absolute atomic E-state index is 12.7. The highest BCUT2D eigenvalue weighted by atomic mass is 79.9. The average molecular weight is 448 g/mol. The predicted octanol–water partition coefficient (Wildman–Crippen LogP) is 2.35. The lowest BCUT2D eigenvalue weighted by Crippen LogP contribution is -2.61. The van der Waals surface area contributed by atoms with Gasteiger partial charge in [-0.2, -0.15) is 0 Å². The molecular weight excluding hydrogens is 426 g/mol. The minimum Gasteiger partial charge on any atom is -0.356 e. The molecule has 8 nitrogen and oxygen atoms in total. The van der Waals surface area contributed by atoms with Crippen molar-refractivity contribution >= 4 is 33.8 Å². The van der Waals surface area contributed by atoms with Crippen LogP contribution in [0, 0.1) is 0 Å². The van der Waals surface area contributed by atoms with E-state index in [-0.39, 0.29) is 0 Å². The number of amides is 4. The van der Waals surface area contributed by atoms with Gasteiger partial charge in [0.25, 0.3) is 11.8 Å². The van der Waals surface area contributed by atoms with Crippen molar-refractivity contribution in [3.8, 4) is 0 Å². The summed E-state index contributed by atoms with van der Waals surface area (Å²) in [5, 5.41) is 5.57. The van der Waals surface area contributed by atoms with E-state index in [1.54, 1.807) is 12.3 Å². The molecule has 0 radical (unpaired) electrons. The van der Waals surface area contributed by atoms with Gasteiger partial charge in [-0.1, -0.05) is 43.2 Å². The molecule has 5 N–H and O–H groups in total. The van der Waals surface area contributed by atoms with Gasteiger partial charge >= 0.3 is 6.03 Å². The Labute approximate surface area is 170 Å². The van der Waals surface area contributed by atoms with Crippen molar-refractivity contribution < 1.29 is 14.4 Å². The Hall–Kier alpha value is -2.81. The summed E-state index contributed by atoms with van der Waals surface area (Å²) < 4.78 is 0.730. The summed E-state index contributed by atoms with van der Waals surface area (Å²) in [6.07, 6.45) is 4.30. The number of hydrogen-bond acceptors (Lipinski definition) is 3. The number of nitrogens with one attached hydrogen (secondary N) is 5. The highest BCUT2D eigenvalue weighted by Crippen LogP contribution is 2.29. The first-order valence-corrected chi connectivity index (χ1v) is 9.82. The standard InChI is InChI=1S/C19H22BrN5O3/c20-14-10-15(21-12-14)16(26)24-25-17(27)19(8-4-5-9-19)23-18(28)22-11-13-6-2-1-3-7-13/h1-3,6-7,10,12,21H,4-5,8-9,11H2,(H,24,26)(H,25,27)(H2,22,23,28). The smallest absolute Gasteiger partial charge is 0.315 e. The van der Waals surface area contributed by atoms with Crippen molar-refractivity contribution in [3.05, 3.63) is 58.3 Å². The van der Waals surface area contributed by atoms with Crippen LogP contribution in [-0.2, 0) is 11.3 Å². The molecule has 0 atom stereocenters. The second kappa shape index (κ2) is 8.92. The van der Waals surface area contributed by atoms with Crippen LogP contribution < -0.4 is 21.5 Å². The number of rotatable bonds is 5. The van der Waals surface area contributed by atoms with Crippen LogP contribution in [-0.4, -0.2) is 28.4 Å². The Bertz CT molecular complexity index is 846. The van der Waals surface area contributed by atoms with E-state index in [0.29, 0.717) is 25.1 Å². The normalized spacial score (nSPS) is 14.9. The monoisotopic (exact) mass is 447 g/mol. The lowest BCUT2D eigenvalue weighted by molar-refractivity contribution is -0.127. The molecular formula is C19H22BrN5O3. The van der Waals surface area contributed by atoms with E-state index in [1.807, 2.05) is 30.3 Å². The zero-order chi connectivity index (χ0) is 20.0. The second-order valence-corrected chi connectivity index (χ2v) is 7.64. The lowest BCUT2D eigenvalue weighted by Gasteiger charge is -2.29. The molecule has 9 heteroatoms. The molecule has 1 saturated carbocycles. The van der Waals surface area contributed by atoms with E-state index in [0.717, 1.165) is 22.9 Å². The van der Waals surface area contributed by atoms with E-state index in [2.05, 4.69) is 42.4 Å². The number of aromatic nitrogens is 1. The van der Waals surface area contributed by atoms with Crippen molar-refractivity contribution in [1.29, 1.82) is 0 Å². The van der Waals surface area contributed by atoms with Crippen molar-refractivity contribution in [1.82, 2.24) is 26.5 Å². The summed E-state index contributed by atoms with van der Waals surface area (Å²) in [5.41, 5.74) is 5.05. The molecule has 148 valence electrons. The number of H-pyrrole nitrogens is 1. The van der Waals surface area contributed by atoms with Crippen LogP contribution in [0.2, 0.25) is 0 Å². The number of hydrogen-bond donors (Lipinski definition) is 5. The fraction of sp³-hybridized carbons (Fsp3) is 0.316. The van der Waals surface area contributed by atoms with Gasteiger partial charge in [-0.3, -0.25) is 20.4 Å². The number of hydrazine groups is 1. The van der Waals surface area contributed by atoms with Crippen molar-refractivity contribution in [3.63, 3.8) is 0 Å². The number of halogens is 1. The number of urea groups is 1. The van der Waals surface area contributed by atoms with Crippen molar-refractivity contribution in [2.24, 2.45) is 0 Å². The number of carbonyl (C=O) groups is 3. The Balaban J connectivity index is 1.55. The van der Waals surface area contributed by atoms with Crippen LogP contribution in [0.1, 0.15) is 41.7 Å². The molecule has 0 saturated heterocycles. The molecule has 4 amide bonds. The second-order valence-electron chi connectivity index (χ2n) is 6.72. The molecule has 0 unspecified atom stereocenters. The van der Waals surface area contributed by atoms with Crippen molar-refractivity contribution in [2.45, 2.75) is 37.8 Å². The zero-order valence-corrected chi connectivity index (χ0v) is 16.8. The Morgan fingerprint density at radius 1 is 1.07 bits per heavy atom. The molecule has 1 aromatic heterocycles. The molecule has 1 aliphatic carbocycles. The van der Waals surface area contributed by atoms with Crippen LogP contribution >= 0.6 is 15.9 Å². The zero-order valence-electron chi connectivity index (χ0n) is 15.2. The first-order chi connectivity index (χ1) is 13.5. The molecule has 0 spiro atoms. The van der Waals surface area contributed by atoms with Crippen molar-refractivity contribution in [2.75, 3.05) is 0 Å². The number of carbonyl (C=O) groups excluding carboxylic acids is 3. The summed E-state index contributed by atoms with van der Waals surface area (Å²) >= 11 is 3.25. The third-order valence-electron chi connectivity index (χ3n) is 4.72. The number of aromatic amines is 1. The third kappa shape index (κ3) is 4.92. The average Bonchev–Trinajstić information content (AvgIpc) is 3.35. The Morgan fingerprint density at radius 2 is 1.79 bits per heavy atom.